The highest BCUT2D eigenvalue weighted by Gasteiger charge is 2.17. The highest BCUT2D eigenvalue weighted by Crippen LogP contribution is 2.14. The van der Waals surface area contributed by atoms with Crippen molar-refractivity contribution in [2.45, 2.75) is 19.9 Å². The van der Waals surface area contributed by atoms with Crippen molar-refractivity contribution in [2.75, 3.05) is 20.3 Å². The van der Waals surface area contributed by atoms with Crippen molar-refractivity contribution in [1.29, 1.82) is 0 Å². The van der Waals surface area contributed by atoms with E-state index in [1.54, 1.807) is 30.0 Å². The van der Waals surface area contributed by atoms with Gasteiger partial charge in [0.1, 0.15) is 11.2 Å². The Morgan fingerprint density at radius 1 is 1.48 bits per heavy atom. The van der Waals surface area contributed by atoms with Crippen LogP contribution < -0.4 is 10.9 Å². The van der Waals surface area contributed by atoms with Gasteiger partial charge >= 0.3 is 0 Å². The lowest BCUT2D eigenvalue weighted by Crippen LogP contribution is -2.35. The minimum atomic E-state index is -0.391. The van der Waals surface area contributed by atoms with E-state index >= 15 is 0 Å². The van der Waals surface area contributed by atoms with Crippen molar-refractivity contribution in [3.05, 3.63) is 40.3 Å². The smallest absolute Gasteiger partial charge is 0.265 e. The highest BCUT2D eigenvalue weighted by molar-refractivity contribution is 5.96. The van der Waals surface area contributed by atoms with Gasteiger partial charge in [-0.2, -0.15) is 0 Å². The van der Waals surface area contributed by atoms with Gasteiger partial charge in [-0.3, -0.25) is 14.2 Å². The Kier molecular flexibility index (Phi) is 4.70. The monoisotopic (exact) mass is 289 g/mol. The molecular formula is C15H19N3O3. The van der Waals surface area contributed by atoms with E-state index in [-0.39, 0.29) is 17.2 Å². The third-order valence-corrected chi connectivity index (χ3v) is 3.15. The third kappa shape index (κ3) is 3.11. The second kappa shape index (κ2) is 6.49. The van der Waals surface area contributed by atoms with Gasteiger partial charge in [-0.25, -0.2) is 4.98 Å². The summed E-state index contributed by atoms with van der Waals surface area (Å²) in [6.45, 7) is 4.55. The molecule has 0 radical (unpaired) electrons. The van der Waals surface area contributed by atoms with Crippen molar-refractivity contribution in [1.82, 2.24) is 14.9 Å². The molecule has 2 aromatic rings. The Morgan fingerprint density at radius 2 is 2.24 bits per heavy atom. The van der Waals surface area contributed by atoms with Gasteiger partial charge in [-0.05, 0) is 32.0 Å². The van der Waals surface area contributed by atoms with Crippen LogP contribution in [0.1, 0.15) is 30.2 Å². The number of nitrogens with zero attached hydrogens (tertiary/aromatic N) is 2. The van der Waals surface area contributed by atoms with E-state index in [0.717, 1.165) is 5.39 Å². The van der Waals surface area contributed by atoms with Crippen molar-refractivity contribution >= 4 is 16.9 Å². The number of ether oxygens (including phenoxy) is 1. The van der Waals surface area contributed by atoms with E-state index in [4.69, 9.17) is 4.74 Å². The standard InChI is InChI=1S/C15H19N3O3/c1-10(2)18-13-11(5-4-6-16-13)9-12(15(18)20)14(19)17-7-8-21-3/h4-6,9-10H,7-8H2,1-3H3,(H,17,19). The van der Waals surface area contributed by atoms with Crippen LogP contribution >= 0.6 is 0 Å². The van der Waals surface area contributed by atoms with Crippen LogP contribution in [0.25, 0.3) is 11.0 Å². The summed E-state index contributed by atoms with van der Waals surface area (Å²) in [7, 11) is 1.56. The lowest BCUT2D eigenvalue weighted by Gasteiger charge is -2.15. The summed E-state index contributed by atoms with van der Waals surface area (Å²) in [5.74, 6) is -0.391. The highest BCUT2D eigenvalue weighted by atomic mass is 16.5. The molecule has 112 valence electrons. The van der Waals surface area contributed by atoms with E-state index in [2.05, 4.69) is 10.3 Å². The fourth-order valence-corrected chi connectivity index (χ4v) is 2.17. The Morgan fingerprint density at radius 3 is 2.90 bits per heavy atom. The SMILES string of the molecule is COCCNC(=O)c1cc2cccnc2n(C(C)C)c1=O. The maximum Gasteiger partial charge on any atom is 0.265 e. The van der Waals surface area contributed by atoms with Crippen LogP contribution in [0, 0.1) is 0 Å². The fraction of sp³-hybridized carbons (Fsp3) is 0.400. The van der Waals surface area contributed by atoms with E-state index in [9.17, 15) is 9.59 Å². The van der Waals surface area contributed by atoms with Gasteiger partial charge in [0.15, 0.2) is 0 Å². The van der Waals surface area contributed by atoms with Crippen LogP contribution in [0.2, 0.25) is 0 Å². The molecule has 0 atom stereocenters. The molecule has 2 aromatic heterocycles. The number of carbonyl (C=O) groups excluding carboxylic acids is 1. The van der Waals surface area contributed by atoms with Crippen LogP contribution in [-0.4, -0.2) is 35.7 Å². The first-order chi connectivity index (χ1) is 10.1. The molecule has 6 heteroatoms. The minimum absolute atomic E-state index is 0.0818. The average molecular weight is 289 g/mol. The number of rotatable bonds is 5. The summed E-state index contributed by atoms with van der Waals surface area (Å²) in [5, 5.41) is 3.44. The number of methoxy groups -OCH3 is 1. The zero-order valence-corrected chi connectivity index (χ0v) is 12.4. The molecule has 1 N–H and O–H groups in total. The zero-order valence-electron chi connectivity index (χ0n) is 12.4. The molecule has 0 aliphatic carbocycles. The van der Waals surface area contributed by atoms with Crippen LogP contribution in [0.3, 0.4) is 0 Å². The van der Waals surface area contributed by atoms with Crippen molar-refractivity contribution < 1.29 is 9.53 Å². The summed E-state index contributed by atoms with van der Waals surface area (Å²) < 4.78 is 6.42. The Bertz CT molecular complexity index is 707. The predicted octanol–water partition coefficient (Wildman–Crippen LogP) is 1.35. The van der Waals surface area contributed by atoms with Gasteiger partial charge in [-0.15, -0.1) is 0 Å². The van der Waals surface area contributed by atoms with Gasteiger partial charge in [-0.1, -0.05) is 0 Å². The topological polar surface area (TPSA) is 73.2 Å². The minimum Gasteiger partial charge on any atom is -0.383 e. The average Bonchev–Trinajstić information content (AvgIpc) is 2.46. The largest absolute Gasteiger partial charge is 0.383 e. The molecule has 6 nitrogen and oxygen atoms in total. The molecule has 0 bridgehead atoms. The molecule has 0 saturated carbocycles. The van der Waals surface area contributed by atoms with Crippen molar-refractivity contribution in [2.24, 2.45) is 0 Å². The van der Waals surface area contributed by atoms with E-state index in [1.807, 2.05) is 19.9 Å². The summed E-state index contributed by atoms with van der Waals surface area (Å²) in [4.78, 5) is 28.9. The number of pyridine rings is 2. The molecule has 0 aliphatic heterocycles. The van der Waals surface area contributed by atoms with Gasteiger partial charge in [0.05, 0.1) is 6.61 Å². The van der Waals surface area contributed by atoms with Crippen molar-refractivity contribution in [3.63, 3.8) is 0 Å². The van der Waals surface area contributed by atoms with Gasteiger partial charge in [0.2, 0.25) is 0 Å². The van der Waals surface area contributed by atoms with Gasteiger partial charge in [0, 0.05) is 31.3 Å². The molecule has 0 spiro atoms. The quantitative estimate of drug-likeness (QED) is 0.843. The fourth-order valence-electron chi connectivity index (χ4n) is 2.17. The Labute approximate surface area is 122 Å². The zero-order chi connectivity index (χ0) is 15.4. The summed E-state index contributed by atoms with van der Waals surface area (Å²) >= 11 is 0. The predicted molar refractivity (Wildman–Crippen MR) is 80.6 cm³/mol. The first-order valence-electron chi connectivity index (χ1n) is 6.83. The van der Waals surface area contributed by atoms with E-state index in [0.29, 0.717) is 18.8 Å². The molecule has 0 saturated heterocycles. The summed E-state index contributed by atoms with van der Waals surface area (Å²) in [5.41, 5.74) is 0.386. The molecule has 2 heterocycles. The van der Waals surface area contributed by atoms with Crippen LogP contribution in [0.15, 0.2) is 29.2 Å². The summed E-state index contributed by atoms with van der Waals surface area (Å²) in [6, 6.07) is 5.13. The third-order valence-electron chi connectivity index (χ3n) is 3.15. The molecule has 0 aliphatic rings. The molecular weight excluding hydrogens is 270 g/mol. The normalized spacial score (nSPS) is 11.0. The molecule has 0 fully saturated rings. The van der Waals surface area contributed by atoms with E-state index in [1.165, 1.54) is 0 Å². The Balaban J connectivity index is 2.52. The lowest BCUT2D eigenvalue weighted by molar-refractivity contribution is 0.0935. The number of amides is 1. The van der Waals surface area contributed by atoms with Crippen LogP contribution in [-0.2, 0) is 4.74 Å². The maximum atomic E-state index is 12.5. The van der Waals surface area contributed by atoms with Crippen LogP contribution in [0.5, 0.6) is 0 Å². The lowest BCUT2D eigenvalue weighted by atomic mass is 10.1. The molecule has 0 unspecified atom stereocenters. The first-order valence-corrected chi connectivity index (χ1v) is 6.83. The first kappa shape index (κ1) is 15.2. The molecule has 21 heavy (non-hydrogen) atoms. The van der Waals surface area contributed by atoms with Gasteiger partial charge < -0.3 is 10.1 Å². The second-order valence-corrected chi connectivity index (χ2v) is 4.99. The van der Waals surface area contributed by atoms with Crippen molar-refractivity contribution in [3.8, 4) is 0 Å². The van der Waals surface area contributed by atoms with Crippen LogP contribution in [0.4, 0.5) is 0 Å². The number of fused-ring (bicyclic) bond motifs is 1. The molecule has 0 aromatic carbocycles. The van der Waals surface area contributed by atoms with Gasteiger partial charge in [0.25, 0.3) is 11.5 Å². The number of hydrogen-bond acceptors (Lipinski definition) is 4. The molecule has 2 rings (SSSR count). The maximum absolute atomic E-state index is 12.5. The summed E-state index contributed by atoms with van der Waals surface area (Å²) in [6.07, 6.45) is 1.64. The molecule has 1 amide bonds. The number of aromatic nitrogens is 2. The number of carbonyl (C=O) groups is 1. The Hall–Kier alpha value is -2.21. The number of hydrogen-bond donors (Lipinski definition) is 1. The van der Waals surface area contributed by atoms with E-state index < -0.39 is 5.91 Å². The second-order valence-electron chi connectivity index (χ2n) is 4.99. The number of nitrogens with one attached hydrogen (secondary N) is 1.